The number of nitrogens with zero attached hydrogens (tertiary/aromatic N) is 1. The molecule has 1 saturated heterocycles. The SMILES string of the molecule is Nc1cc2ccccc2cc1N1CC(O)CC1=O. The number of rotatable bonds is 1. The molecule has 0 saturated carbocycles. The molecule has 2 aromatic rings. The van der Waals surface area contributed by atoms with Crippen LogP contribution in [0.15, 0.2) is 36.4 Å². The van der Waals surface area contributed by atoms with Gasteiger partial charge in [-0.15, -0.1) is 0 Å². The van der Waals surface area contributed by atoms with Crippen molar-refractivity contribution in [2.75, 3.05) is 17.2 Å². The summed E-state index contributed by atoms with van der Waals surface area (Å²) in [5, 5.41) is 11.6. The van der Waals surface area contributed by atoms with E-state index in [0.717, 1.165) is 10.8 Å². The second-order valence-electron chi connectivity index (χ2n) is 4.62. The molecule has 2 aromatic carbocycles. The predicted molar refractivity (Wildman–Crippen MR) is 71.3 cm³/mol. The molecule has 1 aliphatic heterocycles. The van der Waals surface area contributed by atoms with Crippen molar-refractivity contribution in [3.05, 3.63) is 36.4 Å². The maximum absolute atomic E-state index is 11.8. The van der Waals surface area contributed by atoms with Crippen LogP contribution in [0.5, 0.6) is 0 Å². The molecule has 1 heterocycles. The Kier molecular flexibility index (Phi) is 2.45. The summed E-state index contributed by atoms with van der Waals surface area (Å²) < 4.78 is 0. The maximum Gasteiger partial charge on any atom is 0.229 e. The monoisotopic (exact) mass is 242 g/mol. The van der Waals surface area contributed by atoms with E-state index in [9.17, 15) is 9.90 Å². The number of anilines is 2. The zero-order valence-electron chi connectivity index (χ0n) is 9.84. The summed E-state index contributed by atoms with van der Waals surface area (Å²) in [4.78, 5) is 13.3. The lowest BCUT2D eigenvalue weighted by molar-refractivity contribution is -0.117. The number of fused-ring (bicyclic) bond motifs is 1. The van der Waals surface area contributed by atoms with Gasteiger partial charge in [0, 0.05) is 0 Å². The van der Waals surface area contributed by atoms with Crippen LogP contribution < -0.4 is 10.6 Å². The van der Waals surface area contributed by atoms with Crippen LogP contribution in [0.4, 0.5) is 11.4 Å². The van der Waals surface area contributed by atoms with E-state index >= 15 is 0 Å². The van der Waals surface area contributed by atoms with E-state index in [1.165, 1.54) is 0 Å². The molecule has 1 fully saturated rings. The minimum absolute atomic E-state index is 0.0792. The van der Waals surface area contributed by atoms with Gasteiger partial charge in [-0.3, -0.25) is 4.79 Å². The molecule has 1 aliphatic rings. The Balaban J connectivity index is 2.11. The van der Waals surface area contributed by atoms with Crippen LogP contribution in [0.3, 0.4) is 0 Å². The Morgan fingerprint density at radius 2 is 1.89 bits per heavy atom. The van der Waals surface area contributed by atoms with Gasteiger partial charge in [-0.05, 0) is 22.9 Å². The number of hydrogen-bond donors (Lipinski definition) is 2. The molecule has 0 radical (unpaired) electrons. The fourth-order valence-corrected chi connectivity index (χ4v) is 2.40. The molecule has 4 nitrogen and oxygen atoms in total. The van der Waals surface area contributed by atoms with Gasteiger partial charge in [0.25, 0.3) is 0 Å². The van der Waals surface area contributed by atoms with Crippen molar-refractivity contribution < 1.29 is 9.90 Å². The molecular formula is C14H14N2O2. The van der Waals surface area contributed by atoms with E-state index in [4.69, 9.17) is 5.73 Å². The number of hydrogen-bond acceptors (Lipinski definition) is 3. The molecule has 1 atom stereocenters. The van der Waals surface area contributed by atoms with Crippen LogP contribution in [0.25, 0.3) is 10.8 Å². The zero-order valence-corrected chi connectivity index (χ0v) is 9.84. The zero-order chi connectivity index (χ0) is 12.7. The summed E-state index contributed by atoms with van der Waals surface area (Å²) in [6, 6.07) is 11.6. The van der Waals surface area contributed by atoms with Gasteiger partial charge in [0.05, 0.1) is 30.4 Å². The van der Waals surface area contributed by atoms with Gasteiger partial charge in [-0.25, -0.2) is 0 Å². The molecule has 92 valence electrons. The van der Waals surface area contributed by atoms with Gasteiger partial charge in [0.2, 0.25) is 5.91 Å². The summed E-state index contributed by atoms with van der Waals surface area (Å²) in [5.41, 5.74) is 7.25. The first-order chi connectivity index (χ1) is 8.65. The van der Waals surface area contributed by atoms with Crippen molar-refractivity contribution in [3.8, 4) is 0 Å². The van der Waals surface area contributed by atoms with Crippen molar-refractivity contribution in [3.63, 3.8) is 0 Å². The highest BCUT2D eigenvalue weighted by Crippen LogP contribution is 2.31. The molecule has 3 rings (SSSR count). The number of carbonyl (C=O) groups excluding carboxylic acids is 1. The standard InChI is InChI=1S/C14H14N2O2/c15-12-5-9-3-1-2-4-10(9)6-13(12)16-8-11(17)7-14(16)18/h1-6,11,17H,7-8,15H2. The summed E-state index contributed by atoms with van der Waals surface area (Å²) >= 11 is 0. The molecular weight excluding hydrogens is 228 g/mol. The largest absolute Gasteiger partial charge is 0.397 e. The third kappa shape index (κ3) is 1.71. The van der Waals surface area contributed by atoms with Gasteiger partial charge < -0.3 is 15.7 Å². The van der Waals surface area contributed by atoms with Gasteiger partial charge in [-0.2, -0.15) is 0 Å². The quantitative estimate of drug-likeness (QED) is 0.745. The van der Waals surface area contributed by atoms with Crippen molar-refractivity contribution >= 4 is 28.1 Å². The molecule has 4 heteroatoms. The van der Waals surface area contributed by atoms with Crippen molar-refractivity contribution in [2.45, 2.75) is 12.5 Å². The van der Waals surface area contributed by atoms with Gasteiger partial charge in [-0.1, -0.05) is 24.3 Å². The fraction of sp³-hybridized carbons (Fsp3) is 0.214. The summed E-state index contributed by atoms with van der Waals surface area (Å²) in [5.74, 6) is -0.0792. The first kappa shape index (κ1) is 11.0. The number of aliphatic hydroxyl groups excluding tert-OH is 1. The first-order valence-corrected chi connectivity index (χ1v) is 5.92. The molecule has 0 aromatic heterocycles. The summed E-state index contributed by atoms with van der Waals surface area (Å²) in [6.45, 7) is 0.321. The number of β-amino-alcohol motifs (C(OH)–C–C–N with tert-alkyl or cyclic N) is 1. The van der Waals surface area contributed by atoms with Crippen molar-refractivity contribution in [1.29, 1.82) is 0 Å². The Morgan fingerprint density at radius 3 is 2.50 bits per heavy atom. The highest BCUT2D eigenvalue weighted by atomic mass is 16.3. The van der Waals surface area contributed by atoms with Crippen LogP contribution >= 0.6 is 0 Å². The normalized spacial score (nSPS) is 19.7. The summed E-state index contributed by atoms with van der Waals surface area (Å²) in [7, 11) is 0. The number of nitrogens with two attached hydrogens (primary N) is 1. The summed E-state index contributed by atoms with van der Waals surface area (Å²) in [6.07, 6.45) is -0.421. The molecule has 0 aliphatic carbocycles. The lowest BCUT2D eigenvalue weighted by Crippen LogP contribution is -2.26. The average molecular weight is 242 g/mol. The number of aliphatic hydroxyl groups is 1. The smallest absolute Gasteiger partial charge is 0.229 e. The molecule has 0 bridgehead atoms. The minimum atomic E-state index is -0.594. The topological polar surface area (TPSA) is 66.6 Å². The first-order valence-electron chi connectivity index (χ1n) is 5.92. The Labute approximate surface area is 105 Å². The van der Waals surface area contributed by atoms with Crippen LogP contribution in [0.1, 0.15) is 6.42 Å². The van der Waals surface area contributed by atoms with E-state index in [2.05, 4.69) is 0 Å². The maximum atomic E-state index is 11.8. The Hall–Kier alpha value is -2.07. The van der Waals surface area contributed by atoms with E-state index in [1.54, 1.807) is 4.90 Å². The van der Waals surface area contributed by atoms with E-state index in [-0.39, 0.29) is 12.3 Å². The lowest BCUT2D eigenvalue weighted by Gasteiger charge is -2.18. The third-order valence-corrected chi connectivity index (χ3v) is 3.29. The van der Waals surface area contributed by atoms with Gasteiger partial charge in [0.1, 0.15) is 0 Å². The third-order valence-electron chi connectivity index (χ3n) is 3.29. The Morgan fingerprint density at radius 1 is 1.22 bits per heavy atom. The fourth-order valence-electron chi connectivity index (χ4n) is 2.40. The average Bonchev–Trinajstić information content (AvgIpc) is 2.67. The number of nitrogen functional groups attached to an aromatic ring is 1. The molecule has 0 spiro atoms. The number of amides is 1. The Bertz CT molecular complexity index is 624. The van der Waals surface area contributed by atoms with E-state index < -0.39 is 6.10 Å². The predicted octanol–water partition coefficient (Wildman–Crippen LogP) is 1.52. The molecule has 3 N–H and O–H groups in total. The van der Waals surface area contributed by atoms with Crippen LogP contribution in [-0.4, -0.2) is 23.7 Å². The highest BCUT2D eigenvalue weighted by Gasteiger charge is 2.30. The van der Waals surface area contributed by atoms with Crippen LogP contribution in [-0.2, 0) is 4.79 Å². The second-order valence-corrected chi connectivity index (χ2v) is 4.62. The van der Waals surface area contributed by atoms with E-state index in [0.29, 0.717) is 17.9 Å². The van der Waals surface area contributed by atoms with Crippen molar-refractivity contribution in [2.24, 2.45) is 0 Å². The van der Waals surface area contributed by atoms with Crippen LogP contribution in [0, 0.1) is 0 Å². The number of carbonyl (C=O) groups is 1. The van der Waals surface area contributed by atoms with Gasteiger partial charge >= 0.3 is 0 Å². The molecule has 1 amide bonds. The van der Waals surface area contributed by atoms with Crippen molar-refractivity contribution in [1.82, 2.24) is 0 Å². The minimum Gasteiger partial charge on any atom is -0.397 e. The molecule has 1 unspecified atom stereocenters. The second kappa shape index (κ2) is 3.99. The van der Waals surface area contributed by atoms with Crippen LogP contribution in [0.2, 0.25) is 0 Å². The highest BCUT2D eigenvalue weighted by molar-refractivity contribution is 6.02. The number of benzene rings is 2. The lowest BCUT2D eigenvalue weighted by atomic mass is 10.1. The molecule has 18 heavy (non-hydrogen) atoms. The van der Waals surface area contributed by atoms with Gasteiger partial charge in [0.15, 0.2) is 0 Å². The van der Waals surface area contributed by atoms with E-state index in [1.807, 2.05) is 36.4 Å².